The summed E-state index contributed by atoms with van der Waals surface area (Å²) < 4.78 is 30.2. The molecule has 0 saturated carbocycles. The van der Waals surface area contributed by atoms with Crippen molar-refractivity contribution in [2.45, 2.75) is 26.6 Å². The molecule has 0 aromatic heterocycles. The fraction of sp³-hybridized carbons (Fsp3) is 0.500. The maximum absolute atomic E-state index is 13.9. The number of hydrogen-bond donors (Lipinski definition) is 0. The van der Waals surface area contributed by atoms with Crippen LogP contribution in [0.1, 0.15) is 36.7 Å². The van der Waals surface area contributed by atoms with E-state index < -0.39 is 11.6 Å². The minimum atomic E-state index is -1.19. The van der Waals surface area contributed by atoms with Crippen LogP contribution in [0, 0.1) is 5.82 Å². The number of aldehydes is 1. The van der Waals surface area contributed by atoms with E-state index in [4.69, 9.17) is 25.8 Å². The number of benzene rings is 1. The first-order chi connectivity index (χ1) is 9.45. The molecular formula is C14H18ClFO4. The van der Waals surface area contributed by atoms with E-state index in [1.807, 2.05) is 0 Å². The molecule has 0 heterocycles. The lowest BCUT2D eigenvalue weighted by Gasteiger charge is -2.30. The highest BCUT2D eigenvalue weighted by atomic mass is 35.5. The summed E-state index contributed by atoms with van der Waals surface area (Å²) in [6.45, 7) is 5.80. The van der Waals surface area contributed by atoms with Crippen molar-refractivity contribution in [3.8, 4) is 5.75 Å². The van der Waals surface area contributed by atoms with Crippen LogP contribution in [0.2, 0.25) is 5.02 Å². The summed E-state index contributed by atoms with van der Waals surface area (Å²) in [6.07, 6.45) is 0.373. The molecule has 1 unspecified atom stereocenters. The van der Waals surface area contributed by atoms with E-state index in [0.29, 0.717) is 18.5 Å². The molecule has 0 N–H and O–H groups in total. The molecule has 0 spiro atoms. The van der Waals surface area contributed by atoms with Crippen LogP contribution in [0.5, 0.6) is 5.75 Å². The highest BCUT2D eigenvalue weighted by molar-refractivity contribution is 6.31. The Balaban J connectivity index is 3.59. The minimum Gasteiger partial charge on any atom is -0.493 e. The second-order valence-electron chi connectivity index (χ2n) is 4.10. The van der Waals surface area contributed by atoms with Gasteiger partial charge in [0.1, 0.15) is 5.75 Å². The van der Waals surface area contributed by atoms with Crippen LogP contribution in [0.15, 0.2) is 6.07 Å². The van der Waals surface area contributed by atoms with Crippen LogP contribution in [0.3, 0.4) is 0 Å². The summed E-state index contributed by atoms with van der Waals surface area (Å²) in [5.41, 5.74) is 0.134. The van der Waals surface area contributed by atoms with E-state index in [1.54, 1.807) is 20.8 Å². The average molecular weight is 305 g/mol. The molecule has 0 aliphatic carbocycles. The largest absolute Gasteiger partial charge is 0.493 e. The van der Waals surface area contributed by atoms with Gasteiger partial charge in [0.2, 0.25) is 0 Å². The molecule has 1 aromatic carbocycles. The number of carbonyl (C=O) groups excluding carboxylic acids is 1. The fourth-order valence-electron chi connectivity index (χ4n) is 1.89. The third kappa shape index (κ3) is 3.11. The molecule has 6 heteroatoms. The second kappa shape index (κ2) is 7.02. The van der Waals surface area contributed by atoms with E-state index in [-0.39, 0.29) is 22.9 Å². The van der Waals surface area contributed by atoms with Crippen molar-refractivity contribution in [2.75, 3.05) is 20.3 Å². The molecular weight excluding hydrogens is 287 g/mol. The number of methoxy groups -OCH3 is 1. The second-order valence-corrected chi connectivity index (χ2v) is 4.50. The van der Waals surface area contributed by atoms with Crippen molar-refractivity contribution >= 4 is 17.9 Å². The van der Waals surface area contributed by atoms with Crippen LogP contribution in [-0.4, -0.2) is 26.6 Å². The SMILES string of the molecule is CCOc1c(C(C)(OC)OCC)cc(Cl)c(F)c1C=O. The lowest BCUT2D eigenvalue weighted by Crippen LogP contribution is -2.29. The van der Waals surface area contributed by atoms with Crippen LogP contribution >= 0.6 is 11.6 Å². The molecule has 112 valence electrons. The topological polar surface area (TPSA) is 44.8 Å². The van der Waals surface area contributed by atoms with Crippen LogP contribution in [-0.2, 0) is 15.3 Å². The van der Waals surface area contributed by atoms with E-state index in [2.05, 4.69) is 0 Å². The first kappa shape index (κ1) is 16.9. The van der Waals surface area contributed by atoms with Crippen molar-refractivity contribution in [2.24, 2.45) is 0 Å². The lowest BCUT2D eigenvalue weighted by molar-refractivity contribution is -0.217. The summed E-state index contributed by atoms with van der Waals surface area (Å²) in [5, 5.41) is -0.187. The Hall–Kier alpha value is -1.17. The van der Waals surface area contributed by atoms with Crippen LogP contribution in [0.25, 0.3) is 0 Å². The first-order valence-corrected chi connectivity index (χ1v) is 6.62. The Morgan fingerprint density at radius 1 is 1.40 bits per heavy atom. The lowest BCUT2D eigenvalue weighted by atomic mass is 10.0. The summed E-state index contributed by atoms with van der Waals surface area (Å²) in [7, 11) is 1.45. The highest BCUT2D eigenvalue weighted by Crippen LogP contribution is 2.39. The van der Waals surface area contributed by atoms with Gasteiger partial charge in [-0.25, -0.2) is 4.39 Å². The molecule has 0 amide bonds. The smallest absolute Gasteiger partial charge is 0.195 e. The summed E-state index contributed by atoms with van der Waals surface area (Å²) >= 11 is 5.83. The number of halogens is 2. The number of ether oxygens (including phenoxy) is 3. The zero-order valence-electron chi connectivity index (χ0n) is 12.0. The molecule has 0 fully saturated rings. The maximum atomic E-state index is 13.9. The Kier molecular flexibility index (Phi) is 5.92. The zero-order chi connectivity index (χ0) is 15.3. The predicted octanol–water partition coefficient (Wildman–Crippen LogP) is 3.55. The number of hydrogen-bond acceptors (Lipinski definition) is 4. The van der Waals surface area contributed by atoms with Crippen molar-refractivity contribution < 1.29 is 23.4 Å². The Morgan fingerprint density at radius 2 is 2.05 bits per heavy atom. The van der Waals surface area contributed by atoms with Gasteiger partial charge in [-0.1, -0.05) is 11.6 Å². The summed E-state index contributed by atoms with van der Waals surface area (Å²) in [5.74, 6) is -1.92. The molecule has 0 radical (unpaired) electrons. The van der Waals surface area contributed by atoms with E-state index >= 15 is 0 Å². The van der Waals surface area contributed by atoms with E-state index in [9.17, 15) is 9.18 Å². The predicted molar refractivity (Wildman–Crippen MR) is 74.0 cm³/mol. The third-order valence-corrected chi connectivity index (χ3v) is 3.19. The molecule has 1 aromatic rings. The average Bonchev–Trinajstić information content (AvgIpc) is 2.43. The van der Waals surface area contributed by atoms with Crippen molar-refractivity contribution in [1.29, 1.82) is 0 Å². The molecule has 0 aliphatic rings. The molecule has 0 saturated heterocycles. The normalized spacial score (nSPS) is 13.9. The Morgan fingerprint density at radius 3 is 2.50 bits per heavy atom. The summed E-state index contributed by atoms with van der Waals surface area (Å²) in [6, 6.07) is 1.36. The molecule has 4 nitrogen and oxygen atoms in total. The van der Waals surface area contributed by atoms with E-state index in [1.165, 1.54) is 13.2 Å². The fourth-order valence-corrected chi connectivity index (χ4v) is 2.10. The molecule has 1 atom stereocenters. The van der Waals surface area contributed by atoms with Gasteiger partial charge in [0.05, 0.1) is 22.8 Å². The zero-order valence-corrected chi connectivity index (χ0v) is 12.7. The molecule has 0 aliphatic heterocycles. The molecule has 0 bridgehead atoms. The van der Waals surface area contributed by atoms with Gasteiger partial charge < -0.3 is 14.2 Å². The number of rotatable bonds is 7. The quantitative estimate of drug-likeness (QED) is 0.571. The summed E-state index contributed by atoms with van der Waals surface area (Å²) in [4.78, 5) is 11.1. The van der Waals surface area contributed by atoms with Gasteiger partial charge in [-0.2, -0.15) is 0 Å². The van der Waals surface area contributed by atoms with Crippen molar-refractivity contribution in [3.05, 3.63) is 28.0 Å². The van der Waals surface area contributed by atoms with Gasteiger partial charge in [-0.3, -0.25) is 4.79 Å². The van der Waals surface area contributed by atoms with Crippen molar-refractivity contribution in [1.82, 2.24) is 0 Å². The Labute approximate surface area is 122 Å². The van der Waals surface area contributed by atoms with Gasteiger partial charge in [0.15, 0.2) is 17.9 Å². The third-order valence-electron chi connectivity index (χ3n) is 2.91. The molecule has 1 rings (SSSR count). The number of carbonyl (C=O) groups is 1. The van der Waals surface area contributed by atoms with Gasteiger partial charge in [-0.15, -0.1) is 0 Å². The van der Waals surface area contributed by atoms with Gasteiger partial charge >= 0.3 is 0 Å². The standard InChI is InChI=1S/C14H18ClFO4/c1-5-19-13-9(8-17)12(16)11(15)7-10(13)14(3,18-4)20-6-2/h7-8H,5-6H2,1-4H3. The maximum Gasteiger partial charge on any atom is 0.195 e. The van der Waals surface area contributed by atoms with Crippen LogP contribution in [0.4, 0.5) is 4.39 Å². The monoisotopic (exact) mass is 304 g/mol. The van der Waals surface area contributed by atoms with Gasteiger partial charge in [0, 0.05) is 13.7 Å². The van der Waals surface area contributed by atoms with Gasteiger partial charge in [-0.05, 0) is 26.8 Å². The Bertz CT molecular complexity index is 493. The van der Waals surface area contributed by atoms with E-state index in [0.717, 1.165) is 0 Å². The molecule has 20 heavy (non-hydrogen) atoms. The highest BCUT2D eigenvalue weighted by Gasteiger charge is 2.34. The van der Waals surface area contributed by atoms with Crippen LogP contribution < -0.4 is 4.74 Å². The van der Waals surface area contributed by atoms with Gasteiger partial charge in [0.25, 0.3) is 0 Å². The minimum absolute atomic E-state index is 0.0854. The first-order valence-electron chi connectivity index (χ1n) is 6.24. The van der Waals surface area contributed by atoms with Crippen molar-refractivity contribution in [3.63, 3.8) is 0 Å².